The molecule has 0 atom stereocenters. The first-order chi connectivity index (χ1) is 13.9. The quantitative estimate of drug-likeness (QED) is 0.380. The van der Waals surface area contributed by atoms with Crippen molar-refractivity contribution in [3.8, 4) is 23.0 Å². The number of carboxylic acid groups (broad SMARTS) is 1. The van der Waals surface area contributed by atoms with Gasteiger partial charge in [0.2, 0.25) is 0 Å². The Bertz CT molecular complexity index is 1020. The van der Waals surface area contributed by atoms with Gasteiger partial charge in [0.1, 0.15) is 23.0 Å². The van der Waals surface area contributed by atoms with Crippen molar-refractivity contribution in [2.75, 3.05) is 0 Å². The van der Waals surface area contributed by atoms with Crippen molar-refractivity contribution in [2.45, 2.75) is 0 Å². The Morgan fingerprint density at radius 2 is 0.897 bits per heavy atom. The van der Waals surface area contributed by atoms with Crippen LogP contribution in [0.2, 0.25) is 0 Å². The number of ether oxygens (including phenoxy) is 3. The number of rotatable bonds is 5. The van der Waals surface area contributed by atoms with Crippen LogP contribution in [0.5, 0.6) is 23.0 Å². The monoisotopic (exact) mass is 394 g/mol. The minimum atomic E-state index is -1.45. The summed E-state index contributed by atoms with van der Waals surface area (Å²) < 4.78 is 14.9. The van der Waals surface area contributed by atoms with Crippen LogP contribution in [0.4, 0.5) is 4.79 Å². The lowest BCUT2D eigenvalue weighted by molar-refractivity contribution is 0.0719. The minimum absolute atomic E-state index is 0.0387. The molecule has 0 heterocycles. The summed E-state index contributed by atoms with van der Waals surface area (Å²) in [6.45, 7) is 0. The van der Waals surface area contributed by atoms with Gasteiger partial charge >= 0.3 is 18.1 Å². The van der Waals surface area contributed by atoms with Gasteiger partial charge in [0, 0.05) is 0 Å². The summed E-state index contributed by atoms with van der Waals surface area (Å²) in [4.78, 5) is 34.6. The molecular weight excluding hydrogens is 380 g/mol. The molecule has 0 aliphatic carbocycles. The Kier molecular flexibility index (Phi) is 5.74. The topological polar surface area (TPSA) is 119 Å². The fourth-order valence-electron chi connectivity index (χ4n) is 2.27. The summed E-state index contributed by atoms with van der Waals surface area (Å²) in [7, 11) is 0. The van der Waals surface area contributed by atoms with Crippen LogP contribution in [0, 0.1) is 0 Å². The first-order valence-electron chi connectivity index (χ1n) is 8.25. The number of aromatic hydroxyl groups is 1. The summed E-state index contributed by atoms with van der Waals surface area (Å²) in [5.41, 5.74) is 0.471. The first-order valence-corrected chi connectivity index (χ1v) is 8.25. The van der Waals surface area contributed by atoms with Crippen LogP contribution in [-0.4, -0.2) is 28.3 Å². The average Bonchev–Trinajstić information content (AvgIpc) is 2.70. The highest BCUT2D eigenvalue weighted by Crippen LogP contribution is 2.21. The standard InChI is InChI=1S/C21H14O8/c22-15-5-1-13(2-6-15)19(23)27-16-9-11-17(12-10-16)28-20(24)14-3-7-18(8-4-14)29-21(25)26/h1-12,22H,(H,25,26). The van der Waals surface area contributed by atoms with E-state index in [1.54, 1.807) is 0 Å². The zero-order valence-corrected chi connectivity index (χ0v) is 14.8. The smallest absolute Gasteiger partial charge is 0.508 e. The Balaban J connectivity index is 1.59. The molecule has 0 bridgehead atoms. The summed E-state index contributed by atoms with van der Waals surface area (Å²) in [5, 5.41) is 17.8. The zero-order chi connectivity index (χ0) is 20.8. The molecule has 0 spiro atoms. The van der Waals surface area contributed by atoms with Crippen LogP contribution in [0.25, 0.3) is 0 Å². The number of hydrogen-bond donors (Lipinski definition) is 2. The molecule has 146 valence electrons. The van der Waals surface area contributed by atoms with Gasteiger partial charge in [-0.2, -0.15) is 0 Å². The number of benzene rings is 3. The molecule has 0 aliphatic rings. The molecule has 8 nitrogen and oxygen atoms in total. The maximum Gasteiger partial charge on any atom is 0.511 e. The zero-order valence-electron chi connectivity index (χ0n) is 14.8. The van der Waals surface area contributed by atoms with Gasteiger partial charge in [0.25, 0.3) is 0 Å². The van der Waals surface area contributed by atoms with E-state index >= 15 is 0 Å². The van der Waals surface area contributed by atoms with Crippen molar-refractivity contribution in [1.82, 2.24) is 0 Å². The maximum atomic E-state index is 12.1. The van der Waals surface area contributed by atoms with E-state index in [1.807, 2.05) is 0 Å². The predicted molar refractivity (Wildman–Crippen MR) is 99.6 cm³/mol. The maximum absolute atomic E-state index is 12.1. The normalized spacial score (nSPS) is 10.1. The van der Waals surface area contributed by atoms with E-state index in [2.05, 4.69) is 4.74 Å². The Morgan fingerprint density at radius 1 is 0.552 bits per heavy atom. The lowest BCUT2D eigenvalue weighted by Gasteiger charge is -2.07. The molecule has 0 aromatic heterocycles. The predicted octanol–water partition coefficient (Wildman–Crippen LogP) is 3.89. The Hall–Kier alpha value is -4.33. The molecule has 0 fully saturated rings. The van der Waals surface area contributed by atoms with Gasteiger partial charge in [0.15, 0.2) is 0 Å². The molecule has 0 unspecified atom stereocenters. The van der Waals surface area contributed by atoms with Gasteiger partial charge in [-0.1, -0.05) is 0 Å². The van der Waals surface area contributed by atoms with E-state index in [9.17, 15) is 19.5 Å². The minimum Gasteiger partial charge on any atom is -0.508 e. The molecule has 0 amide bonds. The number of carbonyl (C=O) groups excluding carboxylic acids is 2. The van der Waals surface area contributed by atoms with Crippen molar-refractivity contribution in [2.24, 2.45) is 0 Å². The summed E-state index contributed by atoms with van der Waals surface area (Å²) in [6.07, 6.45) is -1.45. The highest BCUT2D eigenvalue weighted by Gasteiger charge is 2.12. The lowest BCUT2D eigenvalue weighted by Crippen LogP contribution is -2.10. The van der Waals surface area contributed by atoms with E-state index in [-0.39, 0.29) is 34.1 Å². The van der Waals surface area contributed by atoms with Crippen LogP contribution >= 0.6 is 0 Å². The van der Waals surface area contributed by atoms with E-state index < -0.39 is 18.1 Å². The van der Waals surface area contributed by atoms with Gasteiger partial charge in [0.05, 0.1) is 11.1 Å². The molecule has 8 heteroatoms. The largest absolute Gasteiger partial charge is 0.511 e. The molecule has 3 rings (SSSR count). The van der Waals surface area contributed by atoms with Crippen LogP contribution in [0.3, 0.4) is 0 Å². The van der Waals surface area contributed by atoms with Crippen molar-refractivity contribution in [3.05, 3.63) is 83.9 Å². The Labute approximate surface area is 164 Å². The molecule has 3 aromatic rings. The summed E-state index contributed by atoms with van der Waals surface area (Å²) in [6, 6.07) is 16.9. The summed E-state index contributed by atoms with van der Waals surface area (Å²) >= 11 is 0. The van der Waals surface area contributed by atoms with E-state index in [1.165, 1.54) is 72.8 Å². The van der Waals surface area contributed by atoms with Crippen LogP contribution in [0.15, 0.2) is 72.8 Å². The van der Waals surface area contributed by atoms with E-state index in [0.29, 0.717) is 0 Å². The third-order valence-corrected chi connectivity index (χ3v) is 3.64. The number of phenols is 1. The fraction of sp³-hybridized carbons (Fsp3) is 0. The van der Waals surface area contributed by atoms with Gasteiger partial charge < -0.3 is 24.4 Å². The van der Waals surface area contributed by atoms with Crippen LogP contribution in [-0.2, 0) is 0 Å². The average molecular weight is 394 g/mol. The highest BCUT2D eigenvalue weighted by atomic mass is 16.7. The third-order valence-electron chi connectivity index (χ3n) is 3.64. The first kappa shape index (κ1) is 19.4. The van der Waals surface area contributed by atoms with Crippen LogP contribution < -0.4 is 14.2 Å². The van der Waals surface area contributed by atoms with Gasteiger partial charge in [-0.05, 0) is 72.8 Å². The fourth-order valence-corrected chi connectivity index (χ4v) is 2.27. The molecule has 0 saturated heterocycles. The number of hydrogen-bond acceptors (Lipinski definition) is 7. The van der Waals surface area contributed by atoms with Crippen molar-refractivity contribution >= 4 is 18.1 Å². The summed E-state index contributed by atoms with van der Waals surface area (Å²) in [5.74, 6) is -0.659. The second-order valence-corrected chi connectivity index (χ2v) is 5.69. The van der Waals surface area contributed by atoms with Crippen molar-refractivity contribution < 1.29 is 38.8 Å². The van der Waals surface area contributed by atoms with E-state index in [4.69, 9.17) is 14.6 Å². The van der Waals surface area contributed by atoms with Gasteiger partial charge in [-0.25, -0.2) is 14.4 Å². The number of esters is 2. The van der Waals surface area contributed by atoms with E-state index in [0.717, 1.165) is 0 Å². The molecule has 0 aliphatic heterocycles. The van der Waals surface area contributed by atoms with Gasteiger partial charge in [-0.15, -0.1) is 0 Å². The molecular formula is C21H14O8. The number of phenolic OH excluding ortho intramolecular Hbond substituents is 1. The second kappa shape index (κ2) is 8.57. The van der Waals surface area contributed by atoms with Gasteiger partial charge in [-0.3, -0.25) is 0 Å². The molecule has 0 radical (unpaired) electrons. The van der Waals surface area contributed by atoms with Crippen molar-refractivity contribution in [3.63, 3.8) is 0 Å². The molecule has 29 heavy (non-hydrogen) atoms. The lowest BCUT2D eigenvalue weighted by atomic mass is 10.2. The second-order valence-electron chi connectivity index (χ2n) is 5.69. The SMILES string of the molecule is O=C(O)Oc1ccc(C(=O)Oc2ccc(OC(=O)c3ccc(O)cc3)cc2)cc1. The van der Waals surface area contributed by atoms with Crippen LogP contribution in [0.1, 0.15) is 20.7 Å². The molecule has 2 N–H and O–H groups in total. The highest BCUT2D eigenvalue weighted by molar-refractivity contribution is 5.92. The molecule has 3 aromatic carbocycles. The third kappa shape index (κ3) is 5.33. The van der Waals surface area contributed by atoms with Crippen molar-refractivity contribution in [1.29, 1.82) is 0 Å². The Morgan fingerprint density at radius 3 is 1.31 bits per heavy atom. The number of carbonyl (C=O) groups is 3. The molecule has 0 saturated carbocycles.